The lowest BCUT2D eigenvalue weighted by Crippen LogP contribution is -2.05. The van der Waals surface area contributed by atoms with Crippen molar-refractivity contribution < 1.29 is 4.39 Å². The number of para-hydroxylation sites is 1. The van der Waals surface area contributed by atoms with Crippen LogP contribution in [-0.2, 0) is 0 Å². The van der Waals surface area contributed by atoms with Crippen molar-refractivity contribution in [1.82, 2.24) is 14.8 Å². The van der Waals surface area contributed by atoms with Crippen LogP contribution in [0.25, 0.3) is 17.1 Å². The number of nitrogens with zero attached hydrogens (tertiary/aromatic N) is 4. The molecule has 2 aromatic carbocycles. The summed E-state index contributed by atoms with van der Waals surface area (Å²) in [6, 6.07) is 14.3. The second-order valence-electron chi connectivity index (χ2n) is 5.21. The lowest BCUT2D eigenvalue weighted by molar-refractivity contribution is 0.629. The predicted molar refractivity (Wildman–Crippen MR) is 82.8 cm³/mol. The molecule has 0 saturated carbocycles. The van der Waals surface area contributed by atoms with Crippen molar-refractivity contribution in [1.29, 1.82) is 0 Å². The Hall–Kier alpha value is -2.82. The minimum Gasteiger partial charge on any atom is -0.281 e. The highest BCUT2D eigenvalue weighted by Crippen LogP contribution is 2.31. The van der Waals surface area contributed by atoms with E-state index in [1.54, 1.807) is 18.2 Å². The summed E-state index contributed by atoms with van der Waals surface area (Å²) < 4.78 is 16.1. The molecule has 1 atom stereocenters. The Kier molecular flexibility index (Phi) is 2.85. The van der Waals surface area contributed by atoms with Gasteiger partial charge >= 0.3 is 0 Å². The van der Waals surface area contributed by atoms with E-state index in [0.717, 1.165) is 11.3 Å². The van der Waals surface area contributed by atoms with E-state index in [2.05, 4.69) is 15.2 Å². The van der Waals surface area contributed by atoms with Crippen molar-refractivity contribution in [2.45, 2.75) is 13.0 Å². The normalized spacial score (nSPS) is 16.0. The molecular weight excluding hydrogens is 279 g/mol. The van der Waals surface area contributed by atoms with Gasteiger partial charge in [0.05, 0.1) is 11.3 Å². The minimum absolute atomic E-state index is 0.138. The van der Waals surface area contributed by atoms with Crippen molar-refractivity contribution in [3.8, 4) is 17.1 Å². The fourth-order valence-corrected chi connectivity index (χ4v) is 2.68. The molecule has 0 amide bonds. The van der Waals surface area contributed by atoms with Crippen LogP contribution in [0.3, 0.4) is 0 Å². The van der Waals surface area contributed by atoms with Crippen LogP contribution < -0.4 is 0 Å². The molecular formula is C17H13FN4. The molecule has 0 saturated heterocycles. The number of aliphatic imine (C=N–C) groups is 1. The molecule has 4 nitrogen and oxygen atoms in total. The molecule has 0 N–H and O–H groups in total. The summed E-state index contributed by atoms with van der Waals surface area (Å²) in [4.78, 5) is 4.49. The summed E-state index contributed by atoms with van der Waals surface area (Å²) in [5.41, 5.74) is 2.31. The van der Waals surface area contributed by atoms with E-state index in [4.69, 9.17) is 0 Å². The quantitative estimate of drug-likeness (QED) is 0.688. The number of aromatic nitrogens is 3. The Morgan fingerprint density at radius 2 is 1.77 bits per heavy atom. The van der Waals surface area contributed by atoms with Crippen LogP contribution in [0.15, 0.2) is 53.5 Å². The van der Waals surface area contributed by atoms with Gasteiger partial charge in [-0.05, 0) is 25.1 Å². The van der Waals surface area contributed by atoms with Crippen molar-refractivity contribution in [2.75, 3.05) is 0 Å². The Morgan fingerprint density at radius 3 is 2.64 bits per heavy atom. The van der Waals surface area contributed by atoms with Crippen molar-refractivity contribution in [2.24, 2.45) is 4.99 Å². The summed E-state index contributed by atoms with van der Waals surface area (Å²) >= 11 is 0. The highest BCUT2D eigenvalue weighted by Gasteiger charge is 2.24. The summed E-state index contributed by atoms with van der Waals surface area (Å²) in [7, 11) is 0. The second kappa shape index (κ2) is 4.87. The first-order chi connectivity index (χ1) is 10.8. The predicted octanol–water partition coefficient (Wildman–Crippen LogP) is 3.57. The molecule has 1 aromatic heterocycles. The Balaban J connectivity index is 2.04. The summed E-state index contributed by atoms with van der Waals surface area (Å²) in [6.07, 6.45) is 1.83. The average Bonchev–Trinajstić information content (AvgIpc) is 2.92. The number of benzene rings is 2. The fraction of sp³-hybridized carbons (Fsp3) is 0.118. The van der Waals surface area contributed by atoms with Crippen molar-refractivity contribution >= 4 is 6.21 Å². The lowest BCUT2D eigenvalue weighted by atomic mass is 10.1. The van der Waals surface area contributed by atoms with Crippen LogP contribution in [-0.4, -0.2) is 21.0 Å². The molecule has 4 rings (SSSR count). The van der Waals surface area contributed by atoms with Gasteiger partial charge < -0.3 is 0 Å². The maximum absolute atomic E-state index is 14.2. The minimum atomic E-state index is -0.312. The van der Waals surface area contributed by atoms with E-state index in [0.29, 0.717) is 17.2 Å². The van der Waals surface area contributed by atoms with Crippen LogP contribution in [0.2, 0.25) is 0 Å². The largest absolute Gasteiger partial charge is 0.281 e. The van der Waals surface area contributed by atoms with E-state index in [1.807, 2.05) is 42.0 Å². The summed E-state index contributed by atoms with van der Waals surface area (Å²) in [6.45, 7) is 1.95. The van der Waals surface area contributed by atoms with Crippen LogP contribution in [0, 0.1) is 5.82 Å². The molecule has 2 heterocycles. The zero-order chi connectivity index (χ0) is 15.1. The number of halogens is 1. The van der Waals surface area contributed by atoms with Gasteiger partial charge in [0.1, 0.15) is 11.9 Å². The smallest absolute Gasteiger partial charge is 0.171 e. The Labute approximate surface area is 127 Å². The molecule has 0 radical (unpaired) electrons. The number of hydrogen-bond donors (Lipinski definition) is 0. The average molecular weight is 292 g/mol. The number of hydrogen-bond acceptors (Lipinski definition) is 3. The Morgan fingerprint density at radius 1 is 1.00 bits per heavy atom. The zero-order valence-corrected chi connectivity index (χ0v) is 11.9. The van der Waals surface area contributed by atoms with Crippen LogP contribution >= 0.6 is 0 Å². The third-order valence-corrected chi connectivity index (χ3v) is 3.79. The van der Waals surface area contributed by atoms with Crippen LogP contribution in [0.4, 0.5) is 4.39 Å². The summed E-state index contributed by atoms with van der Waals surface area (Å²) in [5.74, 6) is 0.894. The van der Waals surface area contributed by atoms with E-state index in [1.165, 1.54) is 6.07 Å². The van der Waals surface area contributed by atoms with Gasteiger partial charge in [0.25, 0.3) is 0 Å². The molecule has 5 heteroatoms. The summed E-state index contributed by atoms with van der Waals surface area (Å²) in [5, 5.41) is 8.47. The van der Waals surface area contributed by atoms with Crippen molar-refractivity contribution in [3.05, 3.63) is 65.7 Å². The molecule has 0 bridgehead atoms. The lowest BCUT2D eigenvalue weighted by Gasteiger charge is -2.12. The molecule has 1 unspecified atom stereocenters. The highest BCUT2D eigenvalue weighted by atomic mass is 19.1. The molecule has 0 spiro atoms. The maximum Gasteiger partial charge on any atom is 0.171 e. The van der Waals surface area contributed by atoms with E-state index in [-0.39, 0.29) is 11.9 Å². The van der Waals surface area contributed by atoms with Gasteiger partial charge in [-0.15, -0.1) is 10.2 Å². The molecule has 108 valence electrons. The maximum atomic E-state index is 14.2. The third-order valence-electron chi connectivity index (χ3n) is 3.79. The second-order valence-corrected chi connectivity index (χ2v) is 5.21. The molecule has 3 aromatic rings. The van der Waals surface area contributed by atoms with Gasteiger partial charge in [0.15, 0.2) is 11.6 Å². The number of rotatable bonds is 1. The number of fused-ring (bicyclic) bond motifs is 3. The van der Waals surface area contributed by atoms with E-state index < -0.39 is 0 Å². The van der Waals surface area contributed by atoms with Gasteiger partial charge in [-0.2, -0.15) is 0 Å². The van der Waals surface area contributed by atoms with Gasteiger partial charge in [0, 0.05) is 11.8 Å². The zero-order valence-electron chi connectivity index (χ0n) is 11.9. The molecule has 0 fully saturated rings. The molecule has 22 heavy (non-hydrogen) atoms. The van der Waals surface area contributed by atoms with Gasteiger partial charge in [-0.25, -0.2) is 4.39 Å². The highest BCUT2D eigenvalue weighted by molar-refractivity contribution is 5.86. The first kappa shape index (κ1) is 12.9. The van der Waals surface area contributed by atoms with E-state index in [9.17, 15) is 4.39 Å². The van der Waals surface area contributed by atoms with Gasteiger partial charge in [-0.3, -0.25) is 9.56 Å². The van der Waals surface area contributed by atoms with Gasteiger partial charge in [-0.1, -0.05) is 30.3 Å². The Bertz CT molecular complexity index is 882. The van der Waals surface area contributed by atoms with Crippen LogP contribution in [0.1, 0.15) is 24.4 Å². The first-order valence-corrected chi connectivity index (χ1v) is 7.08. The van der Waals surface area contributed by atoms with Crippen LogP contribution in [0.5, 0.6) is 0 Å². The monoisotopic (exact) mass is 292 g/mol. The third kappa shape index (κ3) is 1.86. The molecule has 1 aliphatic heterocycles. The molecule has 0 aliphatic carbocycles. The fourth-order valence-electron chi connectivity index (χ4n) is 2.68. The SMILES string of the molecule is CC1N=Cc2ccccc2-n2c(-c3ccccc3F)nnc21. The first-order valence-electron chi connectivity index (χ1n) is 7.08. The van der Waals surface area contributed by atoms with Gasteiger partial charge in [0.2, 0.25) is 0 Å². The van der Waals surface area contributed by atoms with E-state index >= 15 is 0 Å². The van der Waals surface area contributed by atoms with Crippen molar-refractivity contribution in [3.63, 3.8) is 0 Å². The molecule has 1 aliphatic rings. The standard InChI is InChI=1S/C17H13FN4/c1-11-16-20-21-17(13-7-3-4-8-14(13)18)22(16)15-9-5-2-6-12(15)10-19-11/h2-11H,1H3. The topological polar surface area (TPSA) is 43.1 Å².